The van der Waals surface area contributed by atoms with Gasteiger partial charge in [0.05, 0.1) is 45.2 Å². The first-order chi connectivity index (χ1) is 55.4. The van der Waals surface area contributed by atoms with E-state index in [1.807, 2.05) is 0 Å². The molecule has 2 aromatic heterocycles. The Morgan fingerprint density at radius 3 is 1.61 bits per heavy atom. The van der Waals surface area contributed by atoms with Crippen LogP contribution < -0.4 is 80.6 Å². The Kier molecular flexibility index (Phi) is 38.4. The third-order valence-electron chi connectivity index (χ3n) is 19.3. The Balaban J connectivity index is 1.57. The largest absolute Gasteiger partial charge is 0.481 e. The summed E-state index contributed by atoms with van der Waals surface area (Å²) in [5, 5.41) is 70.2. The quantitative estimate of drug-likeness (QED) is 0.0165. The molecule has 1 aliphatic heterocycles. The number of carboxylic acid groups (broad SMARTS) is 4. The summed E-state index contributed by atoms with van der Waals surface area (Å²) in [4.78, 5) is 266. The van der Waals surface area contributed by atoms with Crippen molar-refractivity contribution in [3.8, 4) is 0 Å². The first kappa shape index (κ1) is 95.0. The predicted octanol–water partition coefficient (Wildman–Crippen LogP) is -2.70. The highest BCUT2D eigenvalue weighted by molar-refractivity contribution is 6.02. The molecule has 3 heterocycles. The smallest absolute Gasteiger partial charge is 0.329 e. The highest BCUT2D eigenvalue weighted by Gasteiger charge is 2.41. The van der Waals surface area contributed by atoms with Gasteiger partial charge in [0.2, 0.25) is 82.7 Å². The maximum absolute atomic E-state index is 15.0. The summed E-state index contributed by atoms with van der Waals surface area (Å²) >= 11 is 0. The number of rotatable bonds is 35. The van der Waals surface area contributed by atoms with E-state index in [4.69, 9.17) is 16.2 Å². The van der Waals surface area contributed by atoms with E-state index in [2.05, 4.69) is 92.9 Å². The van der Waals surface area contributed by atoms with E-state index >= 15 is 4.79 Å². The average molecular weight is 1640 g/mol. The van der Waals surface area contributed by atoms with E-state index in [0.717, 1.165) is 59.3 Å². The Hall–Kier alpha value is -12.6. The third kappa shape index (κ3) is 32.0. The van der Waals surface area contributed by atoms with Gasteiger partial charge in [-0.1, -0.05) is 102 Å². The molecule has 0 bridgehead atoms. The summed E-state index contributed by atoms with van der Waals surface area (Å²) in [6, 6.07) is -7.61. The molecule has 0 radical (unpaired) electrons. The van der Waals surface area contributed by atoms with Crippen LogP contribution in [0, 0.1) is 11.8 Å². The van der Waals surface area contributed by atoms with E-state index < -0.39 is 243 Å². The summed E-state index contributed by atoms with van der Waals surface area (Å²) in [6.07, 6.45) is 1.65. The van der Waals surface area contributed by atoms with Gasteiger partial charge in [-0.2, -0.15) is 0 Å². The number of unbranched alkanes of at least 4 members (excludes halogenated alkanes) is 5. The van der Waals surface area contributed by atoms with Gasteiger partial charge in [0.25, 0.3) is 0 Å². The van der Waals surface area contributed by atoms with Crippen molar-refractivity contribution in [3.63, 3.8) is 0 Å². The molecule has 640 valence electrons. The molecule has 1 saturated heterocycles. The van der Waals surface area contributed by atoms with Gasteiger partial charge in [-0.25, -0.2) is 4.79 Å². The number of fused-ring (bicyclic) bond motifs is 2. The van der Waals surface area contributed by atoms with Gasteiger partial charge in [0, 0.05) is 53.5 Å². The molecule has 14 atom stereocenters. The monoisotopic (exact) mass is 1640 g/mol. The molecule has 0 saturated carbocycles. The number of nitrogens with two attached hydrogens (primary N) is 2. The van der Waals surface area contributed by atoms with Crippen LogP contribution in [0.2, 0.25) is 0 Å². The molecule has 117 heavy (non-hydrogen) atoms. The lowest BCUT2D eigenvalue weighted by Gasteiger charge is -2.30. The van der Waals surface area contributed by atoms with Gasteiger partial charge in [0.15, 0.2) is 0 Å². The molecular weight excluding hydrogens is 1530 g/mol. The Bertz CT molecular complexity index is 4240. The summed E-state index contributed by atoms with van der Waals surface area (Å²) in [7, 11) is 0. The molecule has 5 rings (SSSR count). The van der Waals surface area contributed by atoms with Crippen molar-refractivity contribution in [2.45, 2.75) is 230 Å². The molecule has 14 amide bonds. The molecule has 1 aliphatic rings. The number of aliphatic carboxylic acids is 4. The van der Waals surface area contributed by atoms with E-state index in [0.29, 0.717) is 51.7 Å². The topological polar surface area (TPSA) is 654 Å². The summed E-state index contributed by atoms with van der Waals surface area (Å²) < 4.78 is 5.87. The van der Waals surface area contributed by atoms with Crippen molar-refractivity contribution in [1.82, 2.24) is 79.1 Å². The van der Waals surface area contributed by atoms with Crippen molar-refractivity contribution in [3.05, 3.63) is 72.1 Å². The zero-order valence-electron chi connectivity index (χ0n) is 65.8. The number of primary amides is 1. The van der Waals surface area contributed by atoms with Gasteiger partial charge in [-0.15, -0.1) is 0 Å². The van der Waals surface area contributed by atoms with E-state index in [-0.39, 0.29) is 32.2 Å². The number of nitrogens with one attached hydrogen (secondary N) is 15. The minimum absolute atomic E-state index is 0.00223. The van der Waals surface area contributed by atoms with Gasteiger partial charge in [-0.3, -0.25) is 86.3 Å². The van der Waals surface area contributed by atoms with Crippen molar-refractivity contribution in [2.75, 3.05) is 19.6 Å². The second-order valence-electron chi connectivity index (χ2n) is 28.9. The van der Waals surface area contributed by atoms with Crippen molar-refractivity contribution in [1.29, 1.82) is 0 Å². The third-order valence-corrected chi connectivity index (χ3v) is 19.3. The fourth-order valence-electron chi connectivity index (χ4n) is 12.6. The zero-order valence-corrected chi connectivity index (χ0v) is 65.8. The molecule has 41 nitrogen and oxygen atoms in total. The lowest BCUT2D eigenvalue weighted by molar-refractivity contribution is -0.156. The van der Waals surface area contributed by atoms with Crippen molar-refractivity contribution in [2.24, 2.45) is 23.3 Å². The van der Waals surface area contributed by atoms with E-state index in [1.54, 1.807) is 54.7 Å². The average Bonchev–Trinajstić information content (AvgIpc) is 1.72. The number of aromatic amines is 2. The van der Waals surface area contributed by atoms with Gasteiger partial charge >= 0.3 is 29.8 Å². The van der Waals surface area contributed by atoms with Crippen LogP contribution in [-0.4, -0.2) is 235 Å². The number of para-hydroxylation sites is 2. The van der Waals surface area contributed by atoms with E-state index in [1.165, 1.54) is 13.1 Å². The molecule has 2 aromatic carbocycles. The molecule has 0 aliphatic carbocycles. The Labute approximate surface area is 671 Å². The SMILES string of the molecule is CCC(C)CCCCCCCCC(=O)NC(Cc1c[nH]c2ccccc12)C(=O)NC(CC(N)=O)C(=O)NC(CC(=O)O)C(=O)NC1C(=O)NCC(=O)NC(CCCN)C(=O)NC(CC(=O)O)C(=O)NC(C)C(=O)NC(CC(=O)O)C(=O)NCC(=O)NC(C)C(=O)NC(C(C)CC(=O)O)C(=O)NC(Cc2c[nH]c3ccccc23)C(=O)OC1C. The van der Waals surface area contributed by atoms with Gasteiger partial charge < -0.3 is 116 Å². The number of carbonyl (C=O) groups is 19. The number of amides is 14. The zero-order chi connectivity index (χ0) is 86.8. The second kappa shape index (κ2) is 47.3. The lowest BCUT2D eigenvalue weighted by atomic mass is 9.96. The number of cyclic esters (lactones) is 1. The van der Waals surface area contributed by atoms with Crippen LogP contribution in [0.3, 0.4) is 0 Å². The molecule has 1 fully saturated rings. The van der Waals surface area contributed by atoms with Crippen LogP contribution in [0.25, 0.3) is 21.8 Å². The van der Waals surface area contributed by atoms with Crippen molar-refractivity contribution >= 4 is 134 Å². The first-order valence-corrected chi connectivity index (χ1v) is 38.4. The Morgan fingerprint density at radius 1 is 0.513 bits per heavy atom. The van der Waals surface area contributed by atoms with Gasteiger partial charge in [-0.05, 0) is 81.7 Å². The van der Waals surface area contributed by atoms with Gasteiger partial charge in [0.1, 0.15) is 72.6 Å². The normalized spacial score (nSPS) is 21.4. The van der Waals surface area contributed by atoms with Crippen LogP contribution in [0.4, 0.5) is 0 Å². The number of H-pyrrole nitrogens is 2. The molecule has 23 N–H and O–H groups in total. The molecule has 14 unspecified atom stereocenters. The summed E-state index contributed by atoms with van der Waals surface area (Å²) in [5.41, 5.74) is 13.4. The number of hydrogen-bond acceptors (Lipinski definition) is 21. The number of ether oxygens (including phenoxy) is 1. The minimum atomic E-state index is -2.34. The number of aromatic nitrogens is 2. The second-order valence-corrected chi connectivity index (χ2v) is 28.9. The van der Waals surface area contributed by atoms with Crippen LogP contribution in [-0.2, 0) is 109 Å². The number of benzene rings is 2. The highest BCUT2D eigenvalue weighted by Crippen LogP contribution is 2.23. The fourth-order valence-corrected chi connectivity index (χ4v) is 12.6. The molecule has 41 heteroatoms. The number of hydrogen-bond donors (Lipinski definition) is 21. The first-order valence-electron chi connectivity index (χ1n) is 38.4. The van der Waals surface area contributed by atoms with Crippen molar-refractivity contribution < 1.29 is 116 Å². The fraction of sp³-hybridized carbons (Fsp3) is 0.539. The predicted molar refractivity (Wildman–Crippen MR) is 415 cm³/mol. The molecular formula is C76H107N17O24. The van der Waals surface area contributed by atoms with Crippen LogP contribution in [0.1, 0.15) is 155 Å². The maximum atomic E-state index is 15.0. The summed E-state index contributed by atoms with van der Waals surface area (Å²) in [5.74, 6) is -26.1. The lowest BCUT2D eigenvalue weighted by Crippen LogP contribution is -2.61. The number of esters is 1. The summed E-state index contributed by atoms with van der Waals surface area (Å²) in [6.45, 7) is 6.31. The minimum Gasteiger partial charge on any atom is -0.481 e. The standard InChI is InChI=1S/C76H107N17O24/c1-7-38(2)19-12-10-8-9-11-13-25-57(95)86-50(28-43-34-79-47-22-16-14-20-45(43)47)71(111)88-51(30-56(78)94)72(112)90-54(33-63(104)105)73(113)93-65-42(6)117-76(116)55(29-44-35-80-48-23-17-15-21-46(44)48)91-75(115)64(39(3)27-60(98)99)92-67(107)40(4)83-58(96)36-81-68(108)52(31-61(100)101)87-66(106)41(5)84-70(110)53(32-62(102)103)89-69(109)49(24-18-26-77)85-59(97)37-82-74(65)114/h14-17,20-23,34-35,38-42,49-55,64-65,79-80H,7-13,18-19,24-33,36-37,77H2,1-6H3,(H2,78,94)(H,81,108)(H,82,114)(H,83,96)(H,84,110)(H,85,97)(H,86,95)(H,87,106)(H,88,111)(H,89,109)(H,90,112)(H,91,115)(H,92,107)(H,93,113)(H,98,99)(H,100,101)(H,102,103)(H,104,105). The van der Waals surface area contributed by atoms with Crippen LogP contribution in [0.15, 0.2) is 60.9 Å². The van der Waals surface area contributed by atoms with E-state index in [9.17, 15) is 107 Å². The highest BCUT2D eigenvalue weighted by atomic mass is 16.5. The molecule has 0 spiro atoms. The maximum Gasteiger partial charge on any atom is 0.329 e. The van der Waals surface area contributed by atoms with Crippen LogP contribution in [0.5, 0.6) is 0 Å². The van der Waals surface area contributed by atoms with Crippen LogP contribution >= 0.6 is 0 Å². The number of carboxylic acids is 4. The number of carbonyl (C=O) groups excluding carboxylic acids is 15. The molecule has 4 aromatic rings. The Morgan fingerprint density at radius 2 is 1.02 bits per heavy atom.